The Labute approximate surface area is 163 Å². The summed E-state index contributed by atoms with van der Waals surface area (Å²) >= 11 is 0. The Bertz CT molecular complexity index is 990. The summed E-state index contributed by atoms with van der Waals surface area (Å²) in [6, 6.07) is 10.8. The average Bonchev–Trinajstić information content (AvgIpc) is 3.41. The van der Waals surface area contributed by atoms with Crippen molar-refractivity contribution in [3.8, 4) is 0 Å². The van der Waals surface area contributed by atoms with Gasteiger partial charge >= 0.3 is 0 Å². The van der Waals surface area contributed by atoms with E-state index in [1.54, 1.807) is 11.0 Å². The van der Waals surface area contributed by atoms with Gasteiger partial charge in [-0.05, 0) is 37.5 Å². The molecular formula is C21H24N4O3. The number of hydrogen-bond donors (Lipinski definition) is 2. The molecule has 0 spiro atoms. The zero-order valence-corrected chi connectivity index (χ0v) is 15.9. The summed E-state index contributed by atoms with van der Waals surface area (Å²) in [4.78, 5) is 39.7. The molecule has 2 heterocycles. The summed E-state index contributed by atoms with van der Waals surface area (Å²) in [5.41, 5.74) is 7.89. The van der Waals surface area contributed by atoms with E-state index in [2.05, 4.69) is 5.32 Å². The lowest BCUT2D eigenvalue weighted by Crippen LogP contribution is -2.50. The van der Waals surface area contributed by atoms with E-state index in [4.69, 9.17) is 5.73 Å². The van der Waals surface area contributed by atoms with Crippen molar-refractivity contribution >= 4 is 11.8 Å². The molecular weight excluding hydrogens is 356 g/mol. The number of carbonyl (C=O) groups excluding carboxylic acids is 2. The standard InChI is InChI=1S/C21H24N4O3/c1-14-2-4-15(5-3-14)12-23-18(26)16-6-7-17-20(28)24(13-21(22)8-9-21)10-11-25(17)19(16)27/h2-7H,8-13,22H2,1H3,(H,23,26). The second-order valence-electron chi connectivity index (χ2n) is 7.85. The molecule has 2 aromatic rings. The highest BCUT2D eigenvalue weighted by atomic mass is 16.2. The van der Waals surface area contributed by atoms with E-state index in [1.807, 2.05) is 31.2 Å². The third kappa shape index (κ3) is 3.57. The topological polar surface area (TPSA) is 97.4 Å². The first-order chi connectivity index (χ1) is 13.4. The summed E-state index contributed by atoms with van der Waals surface area (Å²) in [7, 11) is 0. The van der Waals surface area contributed by atoms with Gasteiger partial charge in [0, 0.05) is 31.7 Å². The van der Waals surface area contributed by atoms with Gasteiger partial charge in [0.15, 0.2) is 0 Å². The molecule has 1 saturated carbocycles. The molecule has 2 amide bonds. The van der Waals surface area contributed by atoms with E-state index >= 15 is 0 Å². The predicted octanol–water partition coefficient (Wildman–Crippen LogP) is 1.03. The number of benzene rings is 1. The minimum Gasteiger partial charge on any atom is -0.348 e. The van der Waals surface area contributed by atoms with Crippen LogP contribution in [-0.4, -0.2) is 39.9 Å². The van der Waals surface area contributed by atoms with E-state index < -0.39 is 11.5 Å². The lowest BCUT2D eigenvalue weighted by Gasteiger charge is -2.31. The number of nitrogens with one attached hydrogen (secondary N) is 1. The monoisotopic (exact) mass is 380 g/mol. The highest BCUT2D eigenvalue weighted by Crippen LogP contribution is 2.33. The first-order valence-corrected chi connectivity index (χ1v) is 9.52. The van der Waals surface area contributed by atoms with Gasteiger partial charge in [0.1, 0.15) is 11.3 Å². The number of carbonyl (C=O) groups is 2. The molecule has 1 aromatic carbocycles. The van der Waals surface area contributed by atoms with Crippen molar-refractivity contribution in [2.75, 3.05) is 13.1 Å². The van der Waals surface area contributed by atoms with Gasteiger partial charge in [0.25, 0.3) is 17.4 Å². The smallest absolute Gasteiger partial charge is 0.270 e. The summed E-state index contributed by atoms with van der Waals surface area (Å²) in [5.74, 6) is -0.638. The van der Waals surface area contributed by atoms with Crippen molar-refractivity contribution in [2.24, 2.45) is 5.73 Å². The number of amides is 2. The molecule has 1 aromatic heterocycles. The van der Waals surface area contributed by atoms with Crippen molar-refractivity contribution in [3.05, 3.63) is 69.1 Å². The molecule has 0 atom stereocenters. The van der Waals surface area contributed by atoms with Crippen molar-refractivity contribution < 1.29 is 9.59 Å². The highest BCUT2D eigenvalue weighted by Gasteiger charge is 2.42. The molecule has 1 fully saturated rings. The van der Waals surface area contributed by atoms with Crippen LogP contribution in [0.1, 0.15) is 44.8 Å². The molecule has 4 rings (SSSR count). The highest BCUT2D eigenvalue weighted by molar-refractivity contribution is 5.96. The lowest BCUT2D eigenvalue weighted by molar-refractivity contribution is 0.0682. The van der Waals surface area contributed by atoms with Gasteiger partial charge in [-0.1, -0.05) is 29.8 Å². The number of aromatic nitrogens is 1. The van der Waals surface area contributed by atoms with Crippen LogP contribution in [0.5, 0.6) is 0 Å². The SMILES string of the molecule is Cc1ccc(CNC(=O)c2ccc3n(c2=O)CCN(CC2(N)CC2)C3=O)cc1. The molecule has 0 unspecified atom stereocenters. The maximum Gasteiger partial charge on any atom is 0.270 e. The van der Waals surface area contributed by atoms with Gasteiger partial charge in [-0.15, -0.1) is 0 Å². The van der Waals surface area contributed by atoms with Crippen molar-refractivity contribution in [3.63, 3.8) is 0 Å². The quantitative estimate of drug-likeness (QED) is 0.810. The van der Waals surface area contributed by atoms with Gasteiger partial charge < -0.3 is 20.5 Å². The fraction of sp³-hybridized carbons (Fsp3) is 0.381. The van der Waals surface area contributed by atoms with Crippen LogP contribution in [0.3, 0.4) is 0 Å². The summed E-state index contributed by atoms with van der Waals surface area (Å²) in [5, 5.41) is 2.78. The Kier molecular flexibility index (Phi) is 4.55. The van der Waals surface area contributed by atoms with Gasteiger partial charge in [-0.2, -0.15) is 0 Å². The Morgan fingerprint density at radius 1 is 1.11 bits per heavy atom. The molecule has 0 saturated heterocycles. The van der Waals surface area contributed by atoms with Crippen LogP contribution in [0.4, 0.5) is 0 Å². The summed E-state index contributed by atoms with van der Waals surface area (Å²) in [6.45, 7) is 3.65. The number of nitrogens with two attached hydrogens (primary N) is 1. The minimum atomic E-state index is -0.436. The maximum absolute atomic E-state index is 12.8. The second kappa shape index (κ2) is 6.91. The Morgan fingerprint density at radius 2 is 1.82 bits per heavy atom. The first-order valence-electron chi connectivity index (χ1n) is 9.52. The molecule has 0 bridgehead atoms. The van der Waals surface area contributed by atoms with E-state index in [9.17, 15) is 14.4 Å². The summed E-state index contributed by atoms with van der Waals surface area (Å²) < 4.78 is 1.40. The minimum absolute atomic E-state index is 0.0506. The number of fused-ring (bicyclic) bond motifs is 1. The number of hydrogen-bond acceptors (Lipinski definition) is 4. The van der Waals surface area contributed by atoms with Crippen LogP contribution in [0.25, 0.3) is 0 Å². The largest absolute Gasteiger partial charge is 0.348 e. The normalized spacial score (nSPS) is 17.2. The third-order valence-electron chi connectivity index (χ3n) is 5.49. The molecule has 1 aliphatic heterocycles. The fourth-order valence-electron chi connectivity index (χ4n) is 3.48. The lowest BCUT2D eigenvalue weighted by atomic mass is 10.1. The van der Waals surface area contributed by atoms with Crippen molar-refractivity contribution in [1.29, 1.82) is 0 Å². The van der Waals surface area contributed by atoms with E-state index in [0.29, 0.717) is 31.9 Å². The Balaban J connectivity index is 1.49. The van der Waals surface area contributed by atoms with Crippen LogP contribution >= 0.6 is 0 Å². The van der Waals surface area contributed by atoms with Crippen LogP contribution in [-0.2, 0) is 13.1 Å². The molecule has 7 nitrogen and oxygen atoms in total. The van der Waals surface area contributed by atoms with Crippen LogP contribution < -0.4 is 16.6 Å². The molecule has 146 valence electrons. The van der Waals surface area contributed by atoms with Crippen molar-refractivity contribution in [2.45, 2.75) is 38.4 Å². The van der Waals surface area contributed by atoms with Gasteiger partial charge in [-0.25, -0.2) is 0 Å². The average molecular weight is 380 g/mol. The van der Waals surface area contributed by atoms with Crippen molar-refractivity contribution in [1.82, 2.24) is 14.8 Å². The van der Waals surface area contributed by atoms with E-state index in [0.717, 1.165) is 24.0 Å². The first kappa shape index (κ1) is 18.4. The fourth-order valence-corrected chi connectivity index (χ4v) is 3.48. The van der Waals surface area contributed by atoms with E-state index in [1.165, 1.54) is 10.6 Å². The van der Waals surface area contributed by atoms with Crippen LogP contribution in [0.15, 0.2) is 41.2 Å². The molecule has 0 radical (unpaired) electrons. The molecule has 2 aliphatic rings. The third-order valence-corrected chi connectivity index (χ3v) is 5.49. The maximum atomic E-state index is 12.8. The Hall–Kier alpha value is -2.93. The van der Waals surface area contributed by atoms with Gasteiger partial charge in [0.05, 0.1) is 0 Å². The number of pyridine rings is 1. The second-order valence-corrected chi connectivity index (χ2v) is 7.85. The number of aryl methyl sites for hydroxylation is 1. The number of nitrogens with zero attached hydrogens (tertiary/aromatic N) is 2. The molecule has 1 aliphatic carbocycles. The van der Waals surface area contributed by atoms with Gasteiger partial charge in [-0.3, -0.25) is 14.4 Å². The van der Waals surface area contributed by atoms with E-state index in [-0.39, 0.29) is 17.0 Å². The molecule has 3 N–H and O–H groups in total. The molecule has 28 heavy (non-hydrogen) atoms. The van der Waals surface area contributed by atoms with Crippen LogP contribution in [0, 0.1) is 6.92 Å². The summed E-state index contributed by atoms with van der Waals surface area (Å²) in [6.07, 6.45) is 1.84. The predicted molar refractivity (Wildman–Crippen MR) is 105 cm³/mol. The van der Waals surface area contributed by atoms with Gasteiger partial charge in [0.2, 0.25) is 0 Å². The molecule has 7 heteroatoms. The zero-order valence-electron chi connectivity index (χ0n) is 15.9. The zero-order chi connectivity index (χ0) is 19.9. The number of rotatable bonds is 5. The Morgan fingerprint density at radius 3 is 2.50 bits per heavy atom. The van der Waals surface area contributed by atoms with Crippen LogP contribution in [0.2, 0.25) is 0 Å².